The predicted octanol–water partition coefficient (Wildman–Crippen LogP) is 5.89. The van der Waals surface area contributed by atoms with Crippen molar-refractivity contribution in [2.45, 2.75) is 31.2 Å². The Labute approximate surface area is 182 Å². The van der Waals surface area contributed by atoms with Crippen molar-refractivity contribution >= 4 is 20.7 Å². The van der Waals surface area contributed by atoms with Crippen LogP contribution in [0.5, 0.6) is 5.75 Å². The summed E-state index contributed by atoms with van der Waals surface area (Å²) in [7, 11) is -3.77. The first kappa shape index (κ1) is 19.6. The maximum absolute atomic E-state index is 13.9. The van der Waals surface area contributed by atoms with E-state index >= 15 is 0 Å². The number of nitrogens with zero attached hydrogens (tertiary/aromatic N) is 1. The van der Waals surface area contributed by atoms with E-state index in [4.69, 9.17) is 4.74 Å². The first-order valence-corrected chi connectivity index (χ1v) is 11.9. The maximum Gasteiger partial charge on any atom is 0.207 e. The molecule has 156 valence electrons. The van der Waals surface area contributed by atoms with Gasteiger partial charge in [0.1, 0.15) is 11.5 Å². The van der Waals surface area contributed by atoms with E-state index in [0.717, 1.165) is 28.6 Å². The minimum absolute atomic E-state index is 0.275. The van der Waals surface area contributed by atoms with E-state index in [-0.39, 0.29) is 4.90 Å². The molecule has 0 radical (unpaired) electrons. The molecule has 0 saturated heterocycles. The molecule has 1 aliphatic heterocycles. The van der Waals surface area contributed by atoms with Crippen LogP contribution in [0.1, 0.15) is 30.9 Å². The normalized spacial score (nSPS) is 16.3. The van der Waals surface area contributed by atoms with Gasteiger partial charge in [0.05, 0.1) is 15.7 Å². The van der Waals surface area contributed by atoms with Gasteiger partial charge >= 0.3 is 0 Å². The number of sulfone groups is 1. The van der Waals surface area contributed by atoms with Crippen LogP contribution in [-0.4, -0.2) is 13.0 Å². The molecule has 4 aromatic rings. The average Bonchev–Trinajstić information content (AvgIpc) is 3.17. The van der Waals surface area contributed by atoms with Crippen LogP contribution in [0.15, 0.2) is 101 Å². The predicted molar refractivity (Wildman–Crippen MR) is 123 cm³/mol. The van der Waals surface area contributed by atoms with Crippen LogP contribution in [-0.2, 0) is 16.4 Å². The fourth-order valence-electron chi connectivity index (χ4n) is 4.52. The van der Waals surface area contributed by atoms with Crippen molar-refractivity contribution in [2.75, 3.05) is 0 Å². The molecular formula is C26H23NO3S. The van der Waals surface area contributed by atoms with E-state index in [2.05, 4.69) is 29.8 Å². The molecular weight excluding hydrogens is 406 g/mol. The van der Waals surface area contributed by atoms with Crippen LogP contribution in [0.3, 0.4) is 0 Å². The fraction of sp³-hybridized carbons (Fsp3) is 0.154. The molecule has 0 spiro atoms. The second-order valence-corrected chi connectivity index (χ2v) is 9.62. The molecule has 2 heterocycles. The smallest absolute Gasteiger partial charge is 0.207 e. The van der Waals surface area contributed by atoms with Crippen molar-refractivity contribution in [1.82, 2.24) is 4.57 Å². The number of aryl methyl sites for hydroxylation is 1. The van der Waals surface area contributed by atoms with Gasteiger partial charge in [-0.2, -0.15) is 0 Å². The minimum Gasteiger partial charge on any atom is -0.461 e. The van der Waals surface area contributed by atoms with Gasteiger partial charge in [-0.25, -0.2) is 8.42 Å². The summed E-state index contributed by atoms with van der Waals surface area (Å²) in [5.74, 6) is 0.666. The molecule has 0 N–H and O–H groups in total. The number of benzene rings is 3. The van der Waals surface area contributed by atoms with Crippen molar-refractivity contribution in [1.29, 1.82) is 0 Å². The van der Waals surface area contributed by atoms with Crippen molar-refractivity contribution in [3.63, 3.8) is 0 Å². The quantitative estimate of drug-likeness (QED) is 0.406. The van der Waals surface area contributed by atoms with Gasteiger partial charge in [-0.3, -0.25) is 0 Å². The Kier molecular flexibility index (Phi) is 4.71. The topological polar surface area (TPSA) is 48.3 Å². The van der Waals surface area contributed by atoms with E-state index in [1.807, 2.05) is 42.5 Å². The van der Waals surface area contributed by atoms with Gasteiger partial charge in [0.2, 0.25) is 9.84 Å². The number of rotatable bonds is 4. The molecule has 1 atom stereocenters. The number of para-hydroxylation sites is 2. The molecule has 4 nitrogen and oxygen atoms in total. The molecule has 0 fully saturated rings. The van der Waals surface area contributed by atoms with Crippen molar-refractivity contribution in [3.05, 3.63) is 107 Å². The van der Waals surface area contributed by atoms with Crippen LogP contribution in [0.25, 0.3) is 10.9 Å². The monoisotopic (exact) mass is 429 g/mol. The van der Waals surface area contributed by atoms with Crippen molar-refractivity contribution in [2.24, 2.45) is 0 Å². The van der Waals surface area contributed by atoms with Crippen LogP contribution < -0.4 is 4.74 Å². The number of hydrogen-bond acceptors (Lipinski definition) is 3. The van der Waals surface area contributed by atoms with E-state index in [9.17, 15) is 8.42 Å². The molecule has 1 aliphatic rings. The molecule has 31 heavy (non-hydrogen) atoms. The average molecular weight is 430 g/mol. The first-order chi connectivity index (χ1) is 15.0. The molecule has 3 aromatic carbocycles. The lowest BCUT2D eigenvalue weighted by Gasteiger charge is -2.29. The summed E-state index contributed by atoms with van der Waals surface area (Å²) in [6.07, 6.45) is 2.09. The lowest BCUT2D eigenvalue weighted by atomic mass is 9.88. The number of ether oxygens (including phenoxy) is 1. The van der Waals surface area contributed by atoms with E-state index in [1.54, 1.807) is 31.2 Å². The molecule has 5 rings (SSSR count). The van der Waals surface area contributed by atoms with Crippen LogP contribution in [0, 0.1) is 0 Å². The number of aromatic nitrogens is 1. The van der Waals surface area contributed by atoms with E-state index in [1.165, 1.54) is 0 Å². The first-order valence-electron chi connectivity index (χ1n) is 10.4. The molecule has 0 bridgehead atoms. The molecule has 5 heteroatoms. The third-order valence-electron chi connectivity index (χ3n) is 5.92. The SMILES string of the molecule is CCn1cc(C2C(S(=O)(=O)c3ccccc3)=C(C)Oc3ccccc32)c2ccccc21. The summed E-state index contributed by atoms with van der Waals surface area (Å²) >= 11 is 0. The molecule has 1 unspecified atom stereocenters. The van der Waals surface area contributed by atoms with Crippen molar-refractivity contribution < 1.29 is 13.2 Å². The Balaban J connectivity index is 1.83. The standard InChI is InChI=1S/C26H23NO3S/c1-3-27-17-22(20-13-7-9-15-23(20)27)25-21-14-8-10-16-24(21)30-18(2)26(25)31(28,29)19-11-5-4-6-12-19/h4-17,25H,3H2,1-2H3. The van der Waals surface area contributed by atoms with Crippen molar-refractivity contribution in [3.8, 4) is 5.75 Å². The van der Waals surface area contributed by atoms with Gasteiger partial charge in [-0.1, -0.05) is 54.6 Å². The van der Waals surface area contributed by atoms with E-state index < -0.39 is 15.8 Å². The maximum atomic E-state index is 13.9. The molecule has 1 aromatic heterocycles. The van der Waals surface area contributed by atoms with Gasteiger partial charge in [0, 0.05) is 29.2 Å². The molecule has 0 saturated carbocycles. The van der Waals surface area contributed by atoms with Gasteiger partial charge in [-0.15, -0.1) is 0 Å². The zero-order valence-corrected chi connectivity index (χ0v) is 18.3. The number of allylic oxidation sites excluding steroid dienone is 2. The summed E-state index contributed by atoms with van der Waals surface area (Å²) in [5, 5.41) is 1.06. The van der Waals surface area contributed by atoms with Gasteiger partial charge in [-0.05, 0) is 43.7 Å². The second kappa shape index (κ2) is 7.43. The molecule has 0 aliphatic carbocycles. The minimum atomic E-state index is -3.77. The van der Waals surface area contributed by atoms with Gasteiger partial charge in [0.15, 0.2) is 0 Å². The van der Waals surface area contributed by atoms with Crippen LogP contribution in [0.4, 0.5) is 0 Å². The highest BCUT2D eigenvalue weighted by Crippen LogP contribution is 2.48. The highest BCUT2D eigenvalue weighted by Gasteiger charge is 2.39. The zero-order valence-electron chi connectivity index (χ0n) is 17.4. The van der Waals surface area contributed by atoms with Gasteiger partial charge in [0.25, 0.3) is 0 Å². The number of fused-ring (bicyclic) bond motifs is 2. The Morgan fingerprint density at radius 1 is 0.871 bits per heavy atom. The van der Waals surface area contributed by atoms with Crippen LogP contribution >= 0.6 is 0 Å². The highest BCUT2D eigenvalue weighted by atomic mass is 32.2. The third kappa shape index (κ3) is 3.08. The summed E-state index contributed by atoms with van der Waals surface area (Å²) in [6.45, 7) is 4.64. The third-order valence-corrected chi connectivity index (χ3v) is 7.91. The molecule has 0 amide bonds. The Hall–Kier alpha value is -3.31. The Morgan fingerprint density at radius 3 is 2.32 bits per heavy atom. The Morgan fingerprint density at radius 2 is 1.55 bits per heavy atom. The second-order valence-electron chi connectivity index (χ2n) is 7.70. The van der Waals surface area contributed by atoms with Gasteiger partial charge < -0.3 is 9.30 Å². The zero-order chi connectivity index (χ0) is 21.6. The summed E-state index contributed by atoms with van der Waals surface area (Å²) in [5.41, 5.74) is 2.93. The summed E-state index contributed by atoms with van der Waals surface area (Å²) in [4.78, 5) is 0.577. The van der Waals surface area contributed by atoms with Crippen LogP contribution in [0.2, 0.25) is 0 Å². The summed E-state index contributed by atoms with van der Waals surface area (Å²) < 4.78 is 35.9. The lowest BCUT2D eigenvalue weighted by molar-refractivity contribution is 0.402. The highest BCUT2D eigenvalue weighted by molar-refractivity contribution is 7.95. The number of hydrogen-bond donors (Lipinski definition) is 0. The summed E-state index contributed by atoms with van der Waals surface area (Å²) in [6, 6.07) is 24.5. The lowest BCUT2D eigenvalue weighted by Crippen LogP contribution is -2.22. The largest absolute Gasteiger partial charge is 0.461 e. The van der Waals surface area contributed by atoms with E-state index in [0.29, 0.717) is 16.4 Å². The fourth-order valence-corrected chi connectivity index (χ4v) is 6.27. The Bertz CT molecular complexity index is 1420.